The van der Waals surface area contributed by atoms with Crippen LogP contribution in [0.1, 0.15) is 25.3 Å². The maximum Gasteiger partial charge on any atom is 0.242 e. The quantitative estimate of drug-likeness (QED) is 0.884. The molecule has 1 unspecified atom stereocenters. The first-order valence-electron chi connectivity index (χ1n) is 6.46. The molecule has 7 heteroatoms. The molecule has 1 heterocycles. The van der Waals surface area contributed by atoms with Crippen molar-refractivity contribution in [3.8, 4) is 0 Å². The molecule has 20 heavy (non-hydrogen) atoms. The van der Waals surface area contributed by atoms with Gasteiger partial charge in [0, 0.05) is 13.2 Å². The van der Waals surface area contributed by atoms with Gasteiger partial charge in [0.05, 0.1) is 17.2 Å². The maximum atomic E-state index is 12.4. The Balaban J connectivity index is 2.26. The van der Waals surface area contributed by atoms with Gasteiger partial charge in [0.2, 0.25) is 10.0 Å². The smallest absolute Gasteiger partial charge is 0.242 e. The van der Waals surface area contributed by atoms with E-state index in [1.807, 2.05) is 6.92 Å². The third-order valence-corrected chi connectivity index (χ3v) is 5.46. The Morgan fingerprint density at radius 1 is 1.50 bits per heavy atom. The van der Waals surface area contributed by atoms with Crippen LogP contribution >= 0.6 is 11.6 Å². The fourth-order valence-corrected chi connectivity index (χ4v) is 4.27. The minimum absolute atomic E-state index is 0.0724. The minimum atomic E-state index is -3.68. The Kier molecular flexibility index (Phi) is 4.71. The Hall–Kier alpha value is -0.660. The average Bonchev–Trinajstić information content (AvgIpc) is 2.37. The molecule has 1 atom stereocenters. The van der Waals surface area contributed by atoms with Crippen LogP contribution in [0.3, 0.4) is 0 Å². The lowest BCUT2D eigenvalue weighted by atomic mass is 9.97. The molecule has 1 fully saturated rings. The number of hydrogen-bond donors (Lipinski definition) is 2. The second-order valence-corrected chi connectivity index (χ2v) is 7.35. The van der Waals surface area contributed by atoms with E-state index < -0.39 is 15.6 Å². The molecule has 5 nitrogen and oxygen atoms in total. The summed E-state index contributed by atoms with van der Waals surface area (Å²) in [4.78, 5) is 0.0724. The zero-order valence-corrected chi connectivity index (χ0v) is 12.9. The molecule has 1 saturated heterocycles. The van der Waals surface area contributed by atoms with Crippen LogP contribution in [-0.4, -0.2) is 27.2 Å². The lowest BCUT2D eigenvalue weighted by molar-refractivity contribution is 0.0386. The van der Waals surface area contributed by atoms with Crippen molar-refractivity contribution in [1.82, 2.24) is 4.72 Å². The number of nitrogens with two attached hydrogens (primary N) is 1. The molecule has 1 aromatic carbocycles. The first-order valence-corrected chi connectivity index (χ1v) is 8.33. The van der Waals surface area contributed by atoms with E-state index in [0.717, 1.165) is 18.4 Å². The lowest BCUT2D eigenvalue weighted by Gasteiger charge is -2.33. The van der Waals surface area contributed by atoms with Crippen molar-refractivity contribution >= 4 is 21.6 Å². The summed E-state index contributed by atoms with van der Waals surface area (Å²) in [5.74, 6) is 0. The molecule has 1 aromatic rings. The van der Waals surface area contributed by atoms with Crippen molar-refractivity contribution in [3.63, 3.8) is 0 Å². The number of nitrogens with one attached hydrogen (secondary N) is 1. The van der Waals surface area contributed by atoms with Gasteiger partial charge in [-0.05, 0) is 37.5 Å². The van der Waals surface area contributed by atoms with Crippen LogP contribution in [0.2, 0.25) is 5.02 Å². The molecule has 1 aliphatic rings. The van der Waals surface area contributed by atoms with Crippen molar-refractivity contribution < 1.29 is 13.2 Å². The van der Waals surface area contributed by atoms with Gasteiger partial charge in [-0.25, -0.2) is 13.1 Å². The van der Waals surface area contributed by atoms with E-state index in [1.54, 1.807) is 12.1 Å². The van der Waals surface area contributed by atoms with E-state index >= 15 is 0 Å². The topological polar surface area (TPSA) is 81.4 Å². The summed E-state index contributed by atoms with van der Waals surface area (Å²) < 4.78 is 32.9. The molecule has 2 rings (SSSR count). The number of rotatable bonds is 4. The molecule has 0 amide bonds. The summed E-state index contributed by atoms with van der Waals surface area (Å²) in [5.41, 5.74) is 5.71. The van der Waals surface area contributed by atoms with Crippen molar-refractivity contribution in [3.05, 3.63) is 28.8 Å². The predicted molar refractivity (Wildman–Crippen MR) is 78.1 cm³/mol. The summed E-state index contributed by atoms with van der Waals surface area (Å²) in [6.45, 7) is 3.19. The number of ether oxygens (including phenoxy) is 1. The Labute approximate surface area is 124 Å². The molecule has 0 saturated carbocycles. The Morgan fingerprint density at radius 2 is 2.25 bits per heavy atom. The van der Waals surface area contributed by atoms with Gasteiger partial charge in [-0.2, -0.15) is 0 Å². The van der Waals surface area contributed by atoms with Crippen molar-refractivity contribution in [2.24, 2.45) is 5.73 Å². The molecule has 3 N–H and O–H groups in total. The van der Waals surface area contributed by atoms with Crippen LogP contribution in [0.5, 0.6) is 0 Å². The zero-order valence-electron chi connectivity index (χ0n) is 11.4. The molecule has 0 radical (unpaired) electrons. The molecule has 112 valence electrons. The highest BCUT2D eigenvalue weighted by molar-refractivity contribution is 7.89. The monoisotopic (exact) mass is 318 g/mol. The van der Waals surface area contributed by atoms with Crippen LogP contribution in [0.25, 0.3) is 0 Å². The van der Waals surface area contributed by atoms with Gasteiger partial charge in [0.1, 0.15) is 4.90 Å². The van der Waals surface area contributed by atoms with E-state index in [1.165, 1.54) is 6.07 Å². The second-order valence-electron chi connectivity index (χ2n) is 5.29. The SMILES string of the molecule is CC1(NS(=O)(=O)c2ccc(CN)cc2Cl)CCCOC1. The van der Waals surface area contributed by atoms with Gasteiger partial charge in [-0.15, -0.1) is 0 Å². The first kappa shape index (κ1) is 15.7. The van der Waals surface area contributed by atoms with Gasteiger partial charge < -0.3 is 10.5 Å². The van der Waals surface area contributed by atoms with Gasteiger partial charge in [0.15, 0.2) is 0 Å². The van der Waals surface area contributed by atoms with Crippen LogP contribution in [0.4, 0.5) is 0 Å². The fraction of sp³-hybridized carbons (Fsp3) is 0.538. The maximum absolute atomic E-state index is 12.4. The highest BCUT2D eigenvalue weighted by Gasteiger charge is 2.33. The molecule has 1 aliphatic heterocycles. The number of halogens is 1. The minimum Gasteiger partial charge on any atom is -0.380 e. The van der Waals surface area contributed by atoms with E-state index in [2.05, 4.69) is 4.72 Å². The van der Waals surface area contributed by atoms with Crippen molar-refractivity contribution in [1.29, 1.82) is 0 Å². The second kappa shape index (κ2) is 5.99. The standard InChI is InChI=1S/C13H19ClN2O3S/c1-13(5-2-6-19-9-13)16-20(17,18)12-4-3-10(8-15)7-11(12)14/h3-4,7,16H,2,5-6,8-9,15H2,1H3. The summed E-state index contributed by atoms with van der Waals surface area (Å²) in [6.07, 6.45) is 1.57. The number of hydrogen-bond acceptors (Lipinski definition) is 4. The van der Waals surface area contributed by atoms with Gasteiger partial charge >= 0.3 is 0 Å². The van der Waals surface area contributed by atoms with Crippen LogP contribution < -0.4 is 10.5 Å². The van der Waals surface area contributed by atoms with Gasteiger partial charge in [-0.1, -0.05) is 17.7 Å². The summed E-state index contributed by atoms with van der Waals surface area (Å²) in [6, 6.07) is 4.73. The molecule has 0 bridgehead atoms. The fourth-order valence-electron chi connectivity index (χ4n) is 2.28. The molecule has 0 spiro atoms. The van der Waals surface area contributed by atoms with Crippen LogP contribution in [0, 0.1) is 0 Å². The van der Waals surface area contributed by atoms with Crippen LogP contribution in [-0.2, 0) is 21.3 Å². The third-order valence-electron chi connectivity index (χ3n) is 3.34. The third kappa shape index (κ3) is 3.51. The largest absolute Gasteiger partial charge is 0.380 e. The summed E-state index contributed by atoms with van der Waals surface area (Å²) >= 11 is 6.05. The molecular weight excluding hydrogens is 300 g/mol. The normalized spacial score (nSPS) is 23.8. The molecular formula is C13H19ClN2O3S. The van der Waals surface area contributed by atoms with E-state index in [9.17, 15) is 8.42 Å². The molecule has 0 aliphatic carbocycles. The van der Waals surface area contributed by atoms with Crippen molar-refractivity contribution in [2.45, 2.75) is 36.7 Å². The summed E-state index contributed by atoms with van der Waals surface area (Å²) in [5, 5.41) is 0.181. The number of benzene rings is 1. The van der Waals surface area contributed by atoms with E-state index in [0.29, 0.717) is 19.8 Å². The predicted octanol–water partition coefficient (Wildman–Crippen LogP) is 1.65. The Bertz CT molecular complexity index is 583. The highest BCUT2D eigenvalue weighted by atomic mass is 35.5. The number of sulfonamides is 1. The average molecular weight is 319 g/mol. The zero-order chi connectivity index (χ0) is 14.8. The van der Waals surface area contributed by atoms with Crippen LogP contribution in [0.15, 0.2) is 23.1 Å². The van der Waals surface area contributed by atoms with Crippen molar-refractivity contribution in [2.75, 3.05) is 13.2 Å². The van der Waals surface area contributed by atoms with E-state index in [4.69, 9.17) is 22.1 Å². The summed E-state index contributed by atoms with van der Waals surface area (Å²) in [7, 11) is -3.68. The Morgan fingerprint density at radius 3 is 2.80 bits per heavy atom. The van der Waals surface area contributed by atoms with E-state index in [-0.39, 0.29) is 9.92 Å². The highest BCUT2D eigenvalue weighted by Crippen LogP contribution is 2.26. The molecule has 0 aromatic heterocycles. The first-order chi connectivity index (χ1) is 9.36. The lowest BCUT2D eigenvalue weighted by Crippen LogP contribution is -2.51. The van der Waals surface area contributed by atoms with Gasteiger partial charge in [-0.3, -0.25) is 0 Å². The van der Waals surface area contributed by atoms with Gasteiger partial charge in [0.25, 0.3) is 0 Å².